The average molecular weight is 271 g/mol. The van der Waals surface area contributed by atoms with Gasteiger partial charge in [-0.25, -0.2) is 0 Å². The van der Waals surface area contributed by atoms with Gasteiger partial charge in [0.15, 0.2) is 0 Å². The third kappa shape index (κ3) is 6.43. The van der Waals surface area contributed by atoms with Gasteiger partial charge in [-0.3, -0.25) is 9.59 Å². The first-order valence-electron chi connectivity index (χ1n) is 5.45. The van der Waals surface area contributed by atoms with Gasteiger partial charge in [0, 0.05) is 19.7 Å². The van der Waals surface area contributed by atoms with Crippen molar-refractivity contribution in [2.75, 3.05) is 26.3 Å². The quantitative estimate of drug-likeness (QED) is 0.693. The molecule has 5 nitrogen and oxygen atoms in total. The molecule has 0 spiro atoms. The predicted molar refractivity (Wildman–Crippen MR) is 55.6 cm³/mol. The molecule has 0 atom stereocenters. The van der Waals surface area contributed by atoms with E-state index in [1.807, 2.05) is 0 Å². The Bertz CT molecular complexity index is 281. The van der Waals surface area contributed by atoms with Crippen LogP contribution in [0.25, 0.3) is 0 Å². The van der Waals surface area contributed by atoms with Gasteiger partial charge in [0.2, 0.25) is 0 Å². The van der Waals surface area contributed by atoms with Gasteiger partial charge in [-0.15, -0.1) is 0 Å². The zero-order valence-corrected chi connectivity index (χ0v) is 10.00. The summed E-state index contributed by atoms with van der Waals surface area (Å²) in [7, 11) is 0. The summed E-state index contributed by atoms with van der Waals surface area (Å²) in [5.74, 6) is -2.68. The number of amides is 1. The molecular formula is C10H16F3NO4. The van der Waals surface area contributed by atoms with Crippen LogP contribution in [0.2, 0.25) is 0 Å². The summed E-state index contributed by atoms with van der Waals surface area (Å²) in [6, 6.07) is 0. The maximum atomic E-state index is 12.2. The summed E-state index contributed by atoms with van der Waals surface area (Å²) in [5.41, 5.74) is 0. The van der Waals surface area contributed by atoms with E-state index in [1.165, 1.54) is 0 Å². The van der Waals surface area contributed by atoms with E-state index in [0.29, 0.717) is 4.90 Å². The molecule has 0 aromatic carbocycles. The lowest BCUT2D eigenvalue weighted by Gasteiger charge is -2.22. The Balaban J connectivity index is 4.40. The van der Waals surface area contributed by atoms with Gasteiger partial charge >= 0.3 is 18.1 Å². The fourth-order valence-corrected chi connectivity index (χ4v) is 1.22. The number of carbonyl (C=O) groups is 2. The number of aliphatic hydroxyl groups excluding tert-OH is 1. The molecule has 0 bridgehead atoms. The highest BCUT2D eigenvalue weighted by molar-refractivity contribution is 5.82. The maximum absolute atomic E-state index is 12.2. The molecule has 0 heterocycles. The van der Waals surface area contributed by atoms with Gasteiger partial charge in [0.25, 0.3) is 0 Å². The third-order valence-electron chi connectivity index (χ3n) is 2.01. The Morgan fingerprint density at radius 1 is 1.28 bits per heavy atom. The number of ether oxygens (including phenoxy) is 1. The topological polar surface area (TPSA) is 66.8 Å². The van der Waals surface area contributed by atoms with Crippen LogP contribution in [0.4, 0.5) is 13.2 Å². The second-order valence-electron chi connectivity index (χ2n) is 3.42. The van der Waals surface area contributed by atoms with Crippen LogP contribution in [0.1, 0.15) is 19.8 Å². The fourth-order valence-electron chi connectivity index (χ4n) is 1.22. The molecule has 1 amide bonds. The third-order valence-corrected chi connectivity index (χ3v) is 2.01. The summed E-state index contributed by atoms with van der Waals surface area (Å²) in [6.45, 7) is 0.734. The molecule has 0 rings (SSSR count). The molecule has 1 N–H and O–H groups in total. The molecule has 0 unspecified atom stereocenters. The van der Waals surface area contributed by atoms with E-state index in [1.54, 1.807) is 6.92 Å². The number of halogens is 3. The Morgan fingerprint density at radius 2 is 1.89 bits per heavy atom. The lowest BCUT2D eigenvalue weighted by Crippen LogP contribution is -2.43. The minimum atomic E-state index is -4.98. The molecule has 0 aliphatic heterocycles. The minimum Gasteiger partial charge on any atom is -0.466 e. The van der Waals surface area contributed by atoms with Crippen molar-refractivity contribution in [3.63, 3.8) is 0 Å². The molecule has 0 fully saturated rings. The maximum Gasteiger partial charge on any atom is 0.471 e. The van der Waals surface area contributed by atoms with Crippen LogP contribution >= 0.6 is 0 Å². The first kappa shape index (κ1) is 16.7. The number of nitrogens with zero attached hydrogens (tertiary/aromatic N) is 1. The van der Waals surface area contributed by atoms with Crippen molar-refractivity contribution in [2.45, 2.75) is 25.9 Å². The Morgan fingerprint density at radius 3 is 2.33 bits per heavy atom. The second-order valence-corrected chi connectivity index (χ2v) is 3.42. The van der Waals surface area contributed by atoms with E-state index in [0.717, 1.165) is 0 Å². The zero-order valence-electron chi connectivity index (χ0n) is 10.00. The van der Waals surface area contributed by atoms with E-state index in [-0.39, 0.29) is 39.1 Å². The summed E-state index contributed by atoms with van der Waals surface area (Å²) in [6.07, 6.45) is -5.27. The van der Waals surface area contributed by atoms with Gasteiger partial charge < -0.3 is 14.7 Å². The number of rotatable bonds is 7. The van der Waals surface area contributed by atoms with Crippen molar-refractivity contribution in [1.82, 2.24) is 4.90 Å². The van der Waals surface area contributed by atoms with Gasteiger partial charge in [0.05, 0.1) is 13.0 Å². The number of alkyl halides is 3. The molecule has 0 saturated heterocycles. The predicted octanol–water partition coefficient (Wildman–Crippen LogP) is 0.713. The van der Waals surface area contributed by atoms with Crippen molar-refractivity contribution >= 4 is 11.9 Å². The molecule has 18 heavy (non-hydrogen) atoms. The largest absolute Gasteiger partial charge is 0.471 e. The monoisotopic (exact) mass is 271 g/mol. The lowest BCUT2D eigenvalue weighted by molar-refractivity contribution is -0.185. The molecule has 0 saturated carbocycles. The van der Waals surface area contributed by atoms with Crippen molar-refractivity contribution in [1.29, 1.82) is 0 Å². The Kier molecular flexibility index (Phi) is 7.33. The van der Waals surface area contributed by atoms with Crippen LogP contribution in [0.5, 0.6) is 0 Å². The number of hydrogen-bond donors (Lipinski definition) is 1. The first-order valence-corrected chi connectivity index (χ1v) is 5.45. The van der Waals surface area contributed by atoms with Crippen molar-refractivity contribution in [3.05, 3.63) is 0 Å². The van der Waals surface area contributed by atoms with Gasteiger partial charge in [-0.2, -0.15) is 13.2 Å². The number of esters is 1. The molecule has 0 aliphatic rings. The number of carbonyl (C=O) groups excluding carboxylic acids is 2. The normalized spacial score (nSPS) is 11.2. The molecule has 0 radical (unpaired) electrons. The van der Waals surface area contributed by atoms with Gasteiger partial charge in [0.1, 0.15) is 0 Å². The van der Waals surface area contributed by atoms with Gasteiger partial charge in [-0.05, 0) is 13.3 Å². The van der Waals surface area contributed by atoms with Crippen LogP contribution in [0.15, 0.2) is 0 Å². The number of hydrogen-bond acceptors (Lipinski definition) is 4. The van der Waals surface area contributed by atoms with E-state index < -0.39 is 18.1 Å². The molecular weight excluding hydrogens is 255 g/mol. The summed E-state index contributed by atoms with van der Waals surface area (Å²) >= 11 is 0. The smallest absolute Gasteiger partial charge is 0.466 e. The summed E-state index contributed by atoms with van der Waals surface area (Å²) < 4.78 is 41.2. The second kappa shape index (κ2) is 7.91. The molecule has 0 aliphatic carbocycles. The first-order chi connectivity index (χ1) is 8.32. The van der Waals surface area contributed by atoms with Crippen LogP contribution in [0, 0.1) is 0 Å². The van der Waals surface area contributed by atoms with Crippen LogP contribution in [0.3, 0.4) is 0 Å². The van der Waals surface area contributed by atoms with Crippen LogP contribution in [-0.2, 0) is 14.3 Å². The van der Waals surface area contributed by atoms with Gasteiger partial charge in [-0.1, -0.05) is 0 Å². The molecule has 106 valence electrons. The van der Waals surface area contributed by atoms with Crippen molar-refractivity contribution in [2.24, 2.45) is 0 Å². The summed E-state index contributed by atoms with van der Waals surface area (Å²) in [4.78, 5) is 22.5. The highest BCUT2D eigenvalue weighted by atomic mass is 19.4. The minimum absolute atomic E-state index is 0.0185. The number of aliphatic hydroxyl groups is 1. The highest BCUT2D eigenvalue weighted by Gasteiger charge is 2.42. The van der Waals surface area contributed by atoms with E-state index in [2.05, 4.69) is 4.74 Å². The summed E-state index contributed by atoms with van der Waals surface area (Å²) in [5, 5.41) is 8.55. The van der Waals surface area contributed by atoms with Crippen molar-refractivity contribution in [3.8, 4) is 0 Å². The van der Waals surface area contributed by atoms with Crippen molar-refractivity contribution < 1.29 is 32.6 Å². The van der Waals surface area contributed by atoms with E-state index in [4.69, 9.17) is 5.11 Å². The van der Waals surface area contributed by atoms with E-state index >= 15 is 0 Å². The standard InChI is InChI=1S/C10H16F3NO4/c1-2-18-8(16)4-6-14(5-3-7-15)9(17)10(11,12)13/h15H,2-7H2,1H3. The highest BCUT2D eigenvalue weighted by Crippen LogP contribution is 2.18. The molecule has 8 heteroatoms. The Labute approximate surface area is 103 Å². The lowest BCUT2D eigenvalue weighted by atomic mass is 10.3. The Hall–Kier alpha value is -1.31. The van der Waals surface area contributed by atoms with Crippen LogP contribution < -0.4 is 0 Å². The molecule has 0 aromatic heterocycles. The zero-order chi connectivity index (χ0) is 14.2. The van der Waals surface area contributed by atoms with Crippen LogP contribution in [-0.4, -0.2) is 54.4 Å². The van der Waals surface area contributed by atoms with E-state index in [9.17, 15) is 22.8 Å². The SMILES string of the molecule is CCOC(=O)CCN(CCCO)C(=O)C(F)(F)F. The fraction of sp³-hybridized carbons (Fsp3) is 0.800. The molecule has 0 aromatic rings. The average Bonchev–Trinajstić information content (AvgIpc) is 2.27.